The Morgan fingerprint density at radius 2 is 1.77 bits per heavy atom. The van der Waals surface area contributed by atoms with Gasteiger partial charge >= 0.3 is 6.03 Å². The first-order valence-corrected chi connectivity index (χ1v) is 11.7. The summed E-state index contributed by atoms with van der Waals surface area (Å²) in [6.07, 6.45) is 1.02. The molecule has 2 N–H and O–H groups in total. The van der Waals surface area contributed by atoms with Crippen LogP contribution in [0.3, 0.4) is 0 Å². The summed E-state index contributed by atoms with van der Waals surface area (Å²) in [6, 6.07) is 21.6. The molecular weight excluding hydrogens is 412 g/mol. The van der Waals surface area contributed by atoms with Gasteiger partial charge in [0.2, 0.25) is 0 Å². The SMILES string of the molecule is COc1ccc(NC(=O)NC2CCS(=O)(=O)c3ccccc32)cc1Cc1ccccc1. The van der Waals surface area contributed by atoms with E-state index in [4.69, 9.17) is 4.74 Å². The standard InChI is InChI=1S/C24H24N2O4S/c1-30-22-12-11-19(16-18(22)15-17-7-3-2-4-8-17)25-24(27)26-21-13-14-31(28,29)23-10-6-5-9-20(21)23/h2-12,16,21H,13-15H2,1H3,(H2,25,26,27). The number of urea groups is 1. The van der Waals surface area contributed by atoms with Gasteiger partial charge in [-0.3, -0.25) is 0 Å². The molecule has 0 fully saturated rings. The smallest absolute Gasteiger partial charge is 0.319 e. The molecule has 1 heterocycles. The highest BCUT2D eigenvalue weighted by molar-refractivity contribution is 7.91. The first kappa shape index (κ1) is 20.9. The summed E-state index contributed by atoms with van der Waals surface area (Å²) in [5, 5.41) is 5.78. The van der Waals surface area contributed by atoms with Gasteiger partial charge < -0.3 is 15.4 Å². The molecule has 0 radical (unpaired) electrons. The van der Waals surface area contributed by atoms with Crippen molar-refractivity contribution in [3.05, 3.63) is 89.5 Å². The Balaban J connectivity index is 1.50. The molecule has 2 amide bonds. The van der Waals surface area contributed by atoms with Crippen molar-refractivity contribution in [2.45, 2.75) is 23.8 Å². The van der Waals surface area contributed by atoms with Gasteiger partial charge in [0.15, 0.2) is 9.84 Å². The monoisotopic (exact) mass is 436 g/mol. The van der Waals surface area contributed by atoms with Gasteiger partial charge in [0, 0.05) is 17.7 Å². The summed E-state index contributed by atoms with van der Waals surface area (Å²) in [4.78, 5) is 13.0. The van der Waals surface area contributed by atoms with Crippen molar-refractivity contribution in [1.29, 1.82) is 0 Å². The normalized spacial score (nSPS) is 16.7. The Kier molecular flexibility index (Phi) is 5.95. The Hall–Kier alpha value is -3.32. The lowest BCUT2D eigenvalue weighted by Gasteiger charge is -2.26. The van der Waals surface area contributed by atoms with Crippen molar-refractivity contribution in [3.63, 3.8) is 0 Å². The number of anilines is 1. The third-order valence-corrected chi connectivity index (χ3v) is 7.20. The summed E-state index contributed by atoms with van der Waals surface area (Å²) < 4.78 is 30.1. The van der Waals surface area contributed by atoms with Crippen molar-refractivity contribution in [1.82, 2.24) is 5.32 Å². The molecule has 1 aliphatic heterocycles. The van der Waals surface area contributed by atoms with Gasteiger partial charge in [0.05, 0.1) is 23.8 Å². The van der Waals surface area contributed by atoms with Crippen LogP contribution in [-0.2, 0) is 16.3 Å². The molecule has 1 unspecified atom stereocenters. The number of nitrogens with one attached hydrogen (secondary N) is 2. The molecule has 3 aromatic carbocycles. The van der Waals surface area contributed by atoms with E-state index < -0.39 is 9.84 Å². The van der Waals surface area contributed by atoms with Gasteiger partial charge in [-0.1, -0.05) is 48.5 Å². The highest BCUT2D eigenvalue weighted by atomic mass is 32.2. The van der Waals surface area contributed by atoms with Gasteiger partial charge in [-0.15, -0.1) is 0 Å². The summed E-state index contributed by atoms with van der Waals surface area (Å²) >= 11 is 0. The Morgan fingerprint density at radius 3 is 2.55 bits per heavy atom. The van der Waals surface area contributed by atoms with Crippen LogP contribution < -0.4 is 15.4 Å². The topological polar surface area (TPSA) is 84.5 Å². The lowest BCUT2D eigenvalue weighted by Crippen LogP contribution is -2.36. The molecule has 7 heteroatoms. The molecule has 0 spiro atoms. The number of hydrogen-bond acceptors (Lipinski definition) is 4. The zero-order valence-electron chi connectivity index (χ0n) is 17.2. The zero-order chi connectivity index (χ0) is 21.8. The number of ether oxygens (including phenoxy) is 1. The van der Waals surface area contributed by atoms with Gasteiger partial charge in [0.25, 0.3) is 0 Å². The third kappa shape index (κ3) is 4.72. The molecule has 1 aliphatic rings. The first-order valence-electron chi connectivity index (χ1n) is 10.1. The van der Waals surface area contributed by atoms with E-state index in [1.54, 1.807) is 37.4 Å². The summed E-state index contributed by atoms with van der Waals surface area (Å²) in [5.74, 6) is 0.764. The second-order valence-electron chi connectivity index (χ2n) is 7.49. The number of carbonyl (C=O) groups excluding carboxylic acids is 1. The second kappa shape index (κ2) is 8.81. The minimum atomic E-state index is -3.30. The average Bonchev–Trinajstić information content (AvgIpc) is 2.77. The predicted octanol–water partition coefficient (Wildman–Crippen LogP) is 4.33. The molecule has 1 atom stereocenters. The zero-order valence-corrected chi connectivity index (χ0v) is 18.0. The maximum atomic E-state index is 12.7. The number of benzene rings is 3. The van der Waals surface area contributed by atoms with E-state index in [0.29, 0.717) is 29.0 Å². The van der Waals surface area contributed by atoms with Crippen LogP contribution in [0.15, 0.2) is 77.7 Å². The maximum Gasteiger partial charge on any atom is 0.319 e. The summed E-state index contributed by atoms with van der Waals surface area (Å²) in [5.41, 5.74) is 3.37. The molecule has 3 aromatic rings. The fourth-order valence-electron chi connectivity index (χ4n) is 3.88. The molecule has 31 heavy (non-hydrogen) atoms. The van der Waals surface area contributed by atoms with E-state index >= 15 is 0 Å². The van der Waals surface area contributed by atoms with Crippen LogP contribution in [-0.4, -0.2) is 27.3 Å². The number of rotatable bonds is 5. The summed E-state index contributed by atoms with van der Waals surface area (Å²) in [7, 11) is -1.68. The van der Waals surface area contributed by atoms with Crippen molar-refractivity contribution < 1.29 is 17.9 Å². The van der Waals surface area contributed by atoms with Gasteiger partial charge in [-0.25, -0.2) is 13.2 Å². The first-order chi connectivity index (χ1) is 15.0. The molecule has 0 saturated carbocycles. The van der Waals surface area contributed by atoms with Crippen LogP contribution in [0.25, 0.3) is 0 Å². The van der Waals surface area contributed by atoms with E-state index in [2.05, 4.69) is 10.6 Å². The average molecular weight is 437 g/mol. The molecule has 4 rings (SSSR count). The molecular formula is C24H24N2O4S. The van der Waals surface area contributed by atoms with Crippen LogP contribution in [0.4, 0.5) is 10.5 Å². The van der Waals surface area contributed by atoms with E-state index in [0.717, 1.165) is 16.9 Å². The van der Waals surface area contributed by atoms with Crippen LogP contribution in [0.5, 0.6) is 5.75 Å². The molecule has 160 valence electrons. The van der Waals surface area contributed by atoms with Crippen LogP contribution in [0, 0.1) is 0 Å². The van der Waals surface area contributed by atoms with Gasteiger partial charge in [-0.05, 0) is 41.8 Å². The number of amides is 2. The van der Waals surface area contributed by atoms with Crippen molar-refractivity contribution in [3.8, 4) is 5.75 Å². The maximum absolute atomic E-state index is 12.7. The van der Waals surface area contributed by atoms with E-state index in [1.165, 1.54) is 0 Å². The molecule has 0 aromatic heterocycles. The van der Waals surface area contributed by atoms with Crippen LogP contribution >= 0.6 is 0 Å². The number of carbonyl (C=O) groups is 1. The minimum absolute atomic E-state index is 0.0126. The van der Waals surface area contributed by atoms with Crippen molar-refractivity contribution in [2.24, 2.45) is 0 Å². The lowest BCUT2D eigenvalue weighted by atomic mass is 10.0. The van der Waals surface area contributed by atoms with Crippen LogP contribution in [0.2, 0.25) is 0 Å². The summed E-state index contributed by atoms with van der Waals surface area (Å²) in [6.45, 7) is 0. The highest BCUT2D eigenvalue weighted by Crippen LogP contribution is 2.32. The number of hydrogen-bond donors (Lipinski definition) is 2. The predicted molar refractivity (Wildman–Crippen MR) is 120 cm³/mol. The van der Waals surface area contributed by atoms with Crippen molar-refractivity contribution in [2.75, 3.05) is 18.2 Å². The van der Waals surface area contributed by atoms with E-state index in [1.807, 2.05) is 42.5 Å². The molecule has 0 aliphatic carbocycles. The number of fused-ring (bicyclic) bond motifs is 1. The Labute approximate surface area is 182 Å². The fraction of sp³-hybridized carbons (Fsp3) is 0.208. The van der Waals surface area contributed by atoms with E-state index in [-0.39, 0.29) is 17.8 Å². The second-order valence-corrected chi connectivity index (χ2v) is 9.56. The largest absolute Gasteiger partial charge is 0.496 e. The number of sulfone groups is 1. The van der Waals surface area contributed by atoms with Gasteiger partial charge in [0.1, 0.15) is 5.75 Å². The molecule has 6 nitrogen and oxygen atoms in total. The highest BCUT2D eigenvalue weighted by Gasteiger charge is 2.30. The lowest BCUT2D eigenvalue weighted by molar-refractivity contribution is 0.248. The minimum Gasteiger partial charge on any atom is -0.496 e. The fourth-order valence-corrected chi connectivity index (χ4v) is 5.50. The third-order valence-electron chi connectivity index (χ3n) is 5.39. The van der Waals surface area contributed by atoms with Gasteiger partial charge in [-0.2, -0.15) is 0 Å². The Bertz CT molecular complexity index is 1190. The van der Waals surface area contributed by atoms with E-state index in [9.17, 15) is 13.2 Å². The van der Waals surface area contributed by atoms with Crippen molar-refractivity contribution >= 4 is 21.6 Å². The molecule has 0 saturated heterocycles. The number of methoxy groups -OCH3 is 1. The quantitative estimate of drug-likeness (QED) is 0.624. The van der Waals surface area contributed by atoms with Crippen LogP contribution in [0.1, 0.15) is 29.2 Å². The molecule has 0 bridgehead atoms. The Morgan fingerprint density at radius 1 is 1.03 bits per heavy atom.